The number of nitrogens with zero attached hydrogens (tertiary/aromatic N) is 2. The van der Waals surface area contributed by atoms with E-state index in [1.165, 1.54) is 28.4 Å². The minimum Gasteiger partial charge on any atom is -0.494 e. The Bertz CT molecular complexity index is 736. The molecule has 0 radical (unpaired) electrons. The molecule has 0 saturated carbocycles. The zero-order valence-electron chi connectivity index (χ0n) is 14.0. The molecule has 1 amide bonds. The van der Waals surface area contributed by atoms with Crippen LogP contribution in [0, 0.1) is 0 Å². The zero-order chi connectivity index (χ0) is 18.1. The third-order valence-corrected chi connectivity index (χ3v) is 5.99. The minimum atomic E-state index is -3.87. The van der Waals surface area contributed by atoms with Gasteiger partial charge in [0.2, 0.25) is 10.0 Å². The minimum absolute atomic E-state index is 0.00255. The maximum Gasteiger partial charge on any atom is 0.257 e. The second-order valence-electron chi connectivity index (χ2n) is 5.95. The summed E-state index contributed by atoms with van der Waals surface area (Å²) in [6, 6.07) is 2.51. The molecule has 0 spiro atoms. The normalized spacial score (nSPS) is 19.1. The molecule has 0 aromatic heterocycles. The fourth-order valence-corrected chi connectivity index (χ4v) is 4.72. The number of halogens is 1. The van der Waals surface area contributed by atoms with Crippen LogP contribution in [0.3, 0.4) is 0 Å². The Kier molecular flexibility index (Phi) is 5.74. The molecule has 1 unspecified atom stereocenters. The highest BCUT2D eigenvalue weighted by Gasteiger charge is 2.33. The Hall–Kier alpha value is -1.35. The Morgan fingerprint density at radius 1 is 1.42 bits per heavy atom. The van der Waals surface area contributed by atoms with E-state index < -0.39 is 10.0 Å². The van der Waals surface area contributed by atoms with E-state index >= 15 is 0 Å². The number of hydrogen-bond acceptors (Lipinski definition) is 5. The van der Waals surface area contributed by atoms with Gasteiger partial charge in [-0.15, -0.1) is 0 Å². The SMILES string of the molecule is COc1c(C(=O)N(C)C)cc(Cl)cc1S(=O)(=O)N1CCCC(N)C1. The summed E-state index contributed by atoms with van der Waals surface area (Å²) in [4.78, 5) is 13.6. The number of carbonyl (C=O) groups is 1. The standard InChI is InChI=1S/C15H22ClN3O4S/c1-18(2)15(20)12-7-10(16)8-13(14(12)23-3)24(21,22)19-6-4-5-11(17)9-19/h7-8,11H,4-6,9,17H2,1-3H3. The monoisotopic (exact) mass is 375 g/mol. The van der Waals surface area contributed by atoms with Gasteiger partial charge in [0, 0.05) is 38.2 Å². The highest BCUT2D eigenvalue weighted by molar-refractivity contribution is 7.89. The van der Waals surface area contributed by atoms with Crippen LogP contribution in [0.15, 0.2) is 17.0 Å². The maximum absolute atomic E-state index is 13.0. The quantitative estimate of drug-likeness (QED) is 0.852. The van der Waals surface area contributed by atoms with Gasteiger partial charge in [-0.25, -0.2) is 8.42 Å². The van der Waals surface area contributed by atoms with Crippen molar-refractivity contribution in [3.8, 4) is 5.75 Å². The van der Waals surface area contributed by atoms with Crippen molar-refractivity contribution in [2.45, 2.75) is 23.8 Å². The van der Waals surface area contributed by atoms with Crippen molar-refractivity contribution in [1.82, 2.24) is 9.21 Å². The maximum atomic E-state index is 13.0. The molecule has 1 saturated heterocycles. The van der Waals surface area contributed by atoms with E-state index in [0.29, 0.717) is 13.0 Å². The highest BCUT2D eigenvalue weighted by Crippen LogP contribution is 2.35. The predicted octanol–water partition coefficient (Wildman–Crippen LogP) is 1.16. The van der Waals surface area contributed by atoms with E-state index in [0.717, 1.165) is 6.42 Å². The van der Waals surface area contributed by atoms with E-state index in [4.69, 9.17) is 22.1 Å². The zero-order valence-corrected chi connectivity index (χ0v) is 15.5. The van der Waals surface area contributed by atoms with Crippen LogP contribution in [0.1, 0.15) is 23.2 Å². The lowest BCUT2D eigenvalue weighted by Crippen LogP contribution is -2.45. The number of rotatable bonds is 4. The fraction of sp³-hybridized carbons (Fsp3) is 0.533. The molecule has 1 aromatic rings. The molecule has 1 aliphatic rings. The summed E-state index contributed by atoms with van der Waals surface area (Å²) in [6.45, 7) is 0.609. The van der Waals surface area contributed by atoms with Crippen LogP contribution in [0.25, 0.3) is 0 Å². The first-order valence-electron chi connectivity index (χ1n) is 7.53. The van der Waals surface area contributed by atoms with Crippen LogP contribution in [0.4, 0.5) is 0 Å². The predicted molar refractivity (Wildman–Crippen MR) is 92.0 cm³/mol. The third kappa shape index (κ3) is 3.66. The molecule has 1 aromatic carbocycles. The van der Waals surface area contributed by atoms with Crippen molar-refractivity contribution >= 4 is 27.5 Å². The number of benzene rings is 1. The molecule has 2 N–H and O–H groups in total. The lowest BCUT2D eigenvalue weighted by atomic mass is 10.1. The summed E-state index contributed by atoms with van der Waals surface area (Å²) < 4.78 is 32.6. The average Bonchev–Trinajstić information content (AvgIpc) is 2.53. The van der Waals surface area contributed by atoms with Crippen molar-refractivity contribution in [2.24, 2.45) is 5.73 Å². The molecule has 1 atom stereocenters. The summed E-state index contributed by atoms with van der Waals surface area (Å²) in [5, 5.41) is 0.154. The second kappa shape index (κ2) is 7.26. The Labute approximate surface area is 147 Å². The topological polar surface area (TPSA) is 92.9 Å². The molecule has 0 aliphatic carbocycles. The summed E-state index contributed by atoms with van der Waals surface area (Å²) in [7, 11) is 0.601. The van der Waals surface area contributed by atoms with Crippen LogP contribution < -0.4 is 10.5 Å². The van der Waals surface area contributed by atoms with E-state index in [2.05, 4.69) is 0 Å². The van der Waals surface area contributed by atoms with E-state index in [1.807, 2.05) is 0 Å². The van der Waals surface area contributed by atoms with E-state index in [9.17, 15) is 13.2 Å². The van der Waals surface area contributed by atoms with Crippen molar-refractivity contribution in [3.63, 3.8) is 0 Å². The van der Waals surface area contributed by atoms with Crippen molar-refractivity contribution in [1.29, 1.82) is 0 Å². The molecule has 24 heavy (non-hydrogen) atoms. The molecule has 2 rings (SSSR count). The molecule has 1 aliphatic heterocycles. The van der Waals surface area contributed by atoms with Crippen LogP contribution >= 0.6 is 11.6 Å². The number of ether oxygens (including phenoxy) is 1. The number of hydrogen-bond donors (Lipinski definition) is 1. The van der Waals surface area contributed by atoms with Gasteiger partial charge in [-0.05, 0) is 25.0 Å². The number of carbonyl (C=O) groups excluding carboxylic acids is 1. The lowest BCUT2D eigenvalue weighted by Gasteiger charge is -2.30. The molecular weight excluding hydrogens is 354 g/mol. The molecule has 1 fully saturated rings. The van der Waals surface area contributed by atoms with E-state index in [1.54, 1.807) is 14.1 Å². The van der Waals surface area contributed by atoms with Crippen LogP contribution in [0.5, 0.6) is 5.75 Å². The fourth-order valence-electron chi connectivity index (χ4n) is 2.70. The summed E-state index contributed by atoms with van der Waals surface area (Å²) in [5.74, 6) is -0.390. The van der Waals surface area contributed by atoms with Gasteiger partial charge in [0.1, 0.15) is 4.90 Å². The first kappa shape index (κ1) is 19.0. The Morgan fingerprint density at radius 2 is 2.08 bits per heavy atom. The van der Waals surface area contributed by atoms with Gasteiger partial charge < -0.3 is 15.4 Å². The highest BCUT2D eigenvalue weighted by atomic mass is 35.5. The number of amides is 1. The summed E-state index contributed by atoms with van der Waals surface area (Å²) in [6.07, 6.45) is 1.47. The first-order chi connectivity index (χ1) is 11.2. The van der Waals surface area contributed by atoms with Crippen LogP contribution in [-0.4, -0.2) is 63.9 Å². The van der Waals surface area contributed by atoms with Crippen molar-refractivity contribution < 1.29 is 17.9 Å². The second-order valence-corrected chi connectivity index (χ2v) is 8.29. The molecule has 0 bridgehead atoms. The Balaban J connectivity index is 2.58. The van der Waals surface area contributed by atoms with Crippen molar-refractivity contribution in [2.75, 3.05) is 34.3 Å². The number of methoxy groups -OCH3 is 1. The van der Waals surface area contributed by atoms with Gasteiger partial charge >= 0.3 is 0 Å². The number of piperidine rings is 1. The number of sulfonamides is 1. The van der Waals surface area contributed by atoms with Gasteiger partial charge in [0.15, 0.2) is 5.75 Å². The molecule has 9 heteroatoms. The molecule has 134 valence electrons. The Morgan fingerprint density at radius 3 is 2.62 bits per heavy atom. The smallest absolute Gasteiger partial charge is 0.257 e. The molecular formula is C15H22ClN3O4S. The van der Waals surface area contributed by atoms with Gasteiger partial charge in [-0.2, -0.15) is 4.31 Å². The van der Waals surface area contributed by atoms with Crippen LogP contribution in [0.2, 0.25) is 5.02 Å². The average molecular weight is 376 g/mol. The van der Waals surface area contributed by atoms with Gasteiger partial charge in [-0.3, -0.25) is 4.79 Å². The summed E-state index contributed by atoms with van der Waals surface area (Å²) in [5.41, 5.74) is 6.00. The third-order valence-electron chi connectivity index (χ3n) is 3.90. The summed E-state index contributed by atoms with van der Waals surface area (Å²) >= 11 is 6.07. The molecule has 1 heterocycles. The van der Waals surface area contributed by atoms with Gasteiger partial charge in [0.05, 0.1) is 12.7 Å². The van der Waals surface area contributed by atoms with Crippen LogP contribution in [-0.2, 0) is 10.0 Å². The van der Waals surface area contributed by atoms with Gasteiger partial charge in [-0.1, -0.05) is 11.6 Å². The van der Waals surface area contributed by atoms with Gasteiger partial charge in [0.25, 0.3) is 5.91 Å². The largest absolute Gasteiger partial charge is 0.494 e. The first-order valence-corrected chi connectivity index (χ1v) is 9.35. The van der Waals surface area contributed by atoms with Crippen molar-refractivity contribution in [3.05, 3.63) is 22.7 Å². The number of nitrogens with two attached hydrogens (primary N) is 1. The molecule has 7 nitrogen and oxygen atoms in total. The lowest BCUT2D eigenvalue weighted by molar-refractivity contribution is 0.0823. The van der Waals surface area contributed by atoms with E-state index in [-0.39, 0.29) is 39.7 Å².